The number of primary amides is 1. The second-order valence-electron chi connectivity index (χ2n) is 6.89. The Morgan fingerprint density at radius 1 is 1.43 bits per heavy atom. The highest BCUT2D eigenvalue weighted by molar-refractivity contribution is 7.14. The molecule has 1 unspecified atom stereocenters. The van der Waals surface area contributed by atoms with Gasteiger partial charge < -0.3 is 21.3 Å². The molecule has 148 valence electrons. The number of aromatic nitrogens is 2. The lowest BCUT2D eigenvalue weighted by molar-refractivity contribution is -0.117. The highest BCUT2D eigenvalue weighted by Crippen LogP contribution is 2.29. The molecule has 2 amide bonds. The number of thiophene rings is 1. The Morgan fingerprint density at radius 3 is 2.86 bits per heavy atom. The second kappa shape index (κ2) is 8.39. The number of nitrogens with two attached hydrogens (primary N) is 1. The summed E-state index contributed by atoms with van der Waals surface area (Å²) < 4.78 is 0. The van der Waals surface area contributed by atoms with Gasteiger partial charge in [-0.3, -0.25) is 9.59 Å². The number of anilines is 3. The van der Waals surface area contributed by atoms with Gasteiger partial charge in [0.15, 0.2) is 11.5 Å². The van der Waals surface area contributed by atoms with Crippen molar-refractivity contribution < 1.29 is 9.59 Å². The van der Waals surface area contributed by atoms with Gasteiger partial charge in [-0.15, -0.1) is 11.3 Å². The van der Waals surface area contributed by atoms with Crippen molar-refractivity contribution in [1.29, 1.82) is 0 Å². The number of carbonyl (C=O) groups excluding carboxylic acids is 2. The summed E-state index contributed by atoms with van der Waals surface area (Å²) in [6.45, 7) is 5.48. The van der Waals surface area contributed by atoms with Crippen LogP contribution in [0.25, 0.3) is 0 Å². The minimum Gasteiger partial charge on any atom is -0.364 e. The van der Waals surface area contributed by atoms with Gasteiger partial charge >= 0.3 is 0 Å². The normalized spacial score (nSPS) is 18.5. The van der Waals surface area contributed by atoms with Crippen molar-refractivity contribution in [2.24, 2.45) is 5.73 Å². The average Bonchev–Trinajstić information content (AvgIpc) is 3.29. The quantitative estimate of drug-likeness (QED) is 0.615. The van der Waals surface area contributed by atoms with E-state index in [4.69, 9.17) is 5.73 Å². The monoisotopic (exact) mass is 400 g/mol. The summed E-state index contributed by atoms with van der Waals surface area (Å²) in [7, 11) is 1.94. The van der Waals surface area contributed by atoms with Crippen molar-refractivity contribution in [3.63, 3.8) is 0 Å². The lowest BCUT2D eigenvalue weighted by Gasteiger charge is -2.26. The Labute approximate surface area is 167 Å². The van der Waals surface area contributed by atoms with Crippen LogP contribution in [0.5, 0.6) is 0 Å². The SMILES string of the molecule is C=CC(=O)NC1CC[C@@H](N(C)c2cnc(C(N)=O)c(Nc3cc(C)cs3)n2)C1. The molecule has 2 atom stereocenters. The van der Waals surface area contributed by atoms with Crippen molar-refractivity contribution >= 4 is 39.8 Å². The van der Waals surface area contributed by atoms with Gasteiger partial charge in [-0.2, -0.15) is 0 Å². The van der Waals surface area contributed by atoms with Crippen LogP contribution in [0.3, 0.4) is 0 Å². The first-order chi connectivity index (χ1) is 13.4. The molecule has 0 aliphatic heterocycles. The van der Waals surface area contributed by atoms with E-state index in [1.807, 2.05) is 30.3 Å². The lowest BCUT2D eigenvalue weighted by Crippen LogP contribution is -2.35. The Bertz CT molecular complexity index is 896. The molecule has 9 heteroatoms. The van der Waals surface area contributed by atoms with Gasteiger partial charge in [-0.1, -0.05) is 6.58 Å². The van der Waals surface area contributed by atoms with Gasteiger partial charge in [-0.25, -0.2) is 9.97 Å². The van der Waals surface area contributed by atoms with Crippen LogP contribution < -0.4 is 21.3 Å². The van der Waals surface area contributed by atoms with Crippen LogP contribution in [0, 0.1) is 6.92 Å². The van der Waals surface area contributed by atoms with Crippen molar-refractivity contribution in [1.82, 2.24) is 15.3 Å². The van der Waals surface area contributed by atoms with E-state index >= 15 is 0 Å². The van der Waals surface area contributed by atoms with Crippen molar-refractivity contribution in [2.45, 2.75) is 38.3 Å². The van der Waals surface area contributed by atoms with Crippen LogP contribution >= 0.6 is 11.3 Å². The van der Waals surface area contributed by atoms with Gasteiger partial charge in [0.2, 0.25) is 5.91 Å². The summed E-state index contributed by atoms with van der Waals surface area (Å²) in [4.78, 5) is 34.1. The highest BCUT2D eigenvalue weighted by Gasteiger charge is 2.29. The molecule has 0 aromatic carbocycles. The zero-order chi connectivity index (χ0) is 20.3. The van der Waals surface area contributed by atoms with Gasteiger partial charge in [0.05, 0.1) is 11.2 Å². The minimum atomic E-state index is -0.634. The molecule has 28 heavy (non-hydrogen) atoms. The lowest BCUT2D eigenvalue weighted by atomic mass is 10.2. The molecular weight excluding hydrogens is 376 g/mol. The smallest absolute Gasteiger partial charge is 0.271 e. The largest absolute Gasteiger partial charge is 0.364 e. The third-order valence-corrected chi connectivity index (χ3v) is 5.77. The number of aryl methyl sites for hydroxylation is 1. The third-order valence-electron chi connectivity index (χ3n) is 4.81. The van der Waals surface area contributed by atoms with Gasteiger partial charge in [0.1, 0.15) is 5.82 Å². The fourth-order valence-electron chi connectivity index (χ4n) is 3.32. The zero-order valence-corrected chi connectivity index (χ0v) is 16.8. The molecule has 2 aromatic rings. The predicted octanol–water partition coefficient (Wildman–Crippen LogP) is 2.35. The van der Waals surface area contributed by atoms with E-state index in [1.54, 1.807) is 6.20 Å². The summed E-state index contributed by atoms with van der Waals surface area (Å²) >= 11 is 1.52. The molecule has 0 bridgehead atoms. The number of amides is 2. The topological polar surface area (TPSA) is 113 Å². The average molecular weight is 401 g/mol. The first-order valence-corrected chi connectivity index (χ1v) is 9.90. The fourth-order valence-corrected chi connectivity index (χ4v) is 4.11. The summed E-state index contributed by atoms with van der Waals surface area (Å²) in [6.07, 6.45) is 5.46. The van der Waals surface area contributed by atoms with E-state index in [0.717, 1.165) is 29.8 Å². The number of nitrogens with one attached hydrogen (secondary N) is 2. The summed E-state index contributed by atoms with van der Waals surface area (Å²) in [5.74, 6) is 0.192. The van der Waals surface area contributed by atoms with Crippen LogP contribution in [0.1, 0.15) is 35.3 Å². The van der Waals surface area contributed by atoms with E-state index in [1.165, 1.54) is 17.4 Å². The number of hydrogen-bond acceptors (Lipinski definition) is 7. The zero-order valence-electron chi connectivity index (χ0n) is 15.9. The molecule has 0 radical (unpaired) electrons. The van der Waals surface area contributed by atoms with Crippen molar-refractivity contribution in [3.05, 3.63) is 41.6 Å². The van der Waals surface area contributed by atoms with Crippen molar-refractivity contribution in [3.8, 4) is 0 Å². The van der Waals surface area contributed by atoms with Crippen LogP contribution in [0.15, 0.2) is 30.3 Å². The minimum absolute atomic E-state index is 0.103. The molecule has 1 saturated carbocycles. The standard InChI is InChI=1S/C19H24N6O2S/c1-4-15(26)22-12-5-6-13(8-12)25(3)14-9-21-17(18(20)27)19(23-14)24-16-7-11(2)10-28-16/h4,7,9-10,12-13H,1,5-6,8H2,2-3H3,(H2,20,27)(H,22,26)(H,23,24)/t12?,13-/m1/s1. The number of hydrogen-bond donors (Lipinski definition) is 3. The van der Waals surface area contributed by atoms with Crippen LogP contribution in [0.4, 0.5) is 16.6 Å². The maximum Gasteiger partial charge on any atom is 0.271 e. The van der Waals surface area contributed by atoms with Crippen molar-refractivity contribution in [2.75, 3.05) is 17.3 Å². The Morgan fingerprint density at radius 2 is 2.21 bits per heavy atom. The first-order valence-electron chi connectivity index (χ1n) is 9.02. The predicted molar refractivity (Wildman–Crippen MR) is 111 cm³/mol. The molecule has 1 aliphatic rings. The van der Waals surface area contributed by atoms with Gasteiger partial charge in [0, 0.05) is 19.1 Å². The van der Waals surface area contributed by atoms with Gasteiger partial charge in [-0.05, 0) is 49.3 Å². The van der Waals surface area contributed by atoms with E-state index in [2.05, 4.69) is 27.2 Å². The second-order valence-corrected chi connectivity index (χ2v) is 7.80. The fraction of sp³-hybridized carbons (Fsp3) is 0.368. The Hall–Kier alpha value is -2.94. The molecule has 1 fully saturated rings. The maximum absolute atomic E-state index is 11.7. The van der Waals surface area contributed by atoms with E-state index < -0.39 is 5.91 Å². The number of carbonyl (C=O) groups is 2. The molecule has 1 aliphatic carbocycles. The molecule has 0 spiro atoms. The molecule has 2 heterocycles. The molecular formula is C19H24N6O2S. The number of nitrogens with zero attached hydrogens (tertiary/aromatic N) is 3. The van der Waals surface area contributed by atoms with Crippen LogP contribution in [-0.4, -0.2) is 40.9 Å². The summed E-state index contributed by atoms with van der Waals surface area (Å²) in [6, 6.07) is 2.29. The Kier molecular flexibility index (Phi) is 5.93. The molecule has 2 aromatic heterocycles. The molecule has 3 rings (SSSR count). The van der Waals surface area contributed by atoms with Crippen LogP contribution in [0.2, 0.25) is 0 Å². The first kappa shape index (κ1) is 19.8. The maximum atomic E-state index is 11.7. The van der Waals surface area contributed by atoms with E-state index in [-0.39, 0.29) is 23.7 Å². The molecule has 4 N–H and O–H groups in total. The highest BCUT2D eigenvalue weighted by atomic mass is 32.1. The van der Waals surface area contributed by atoms with E-state index in [9.17, 15) is 9.59 Å². The Balaban J connectivity index is 1.78. The van der Waals surface area contributed by atoms with E-state index in [0.29, 0.717) is 11.6 Å². The molecule has 8 nitrogen and oxygen atoms in total. The van der Waals surface area contributed by atoms with Crippen LogP contribution in [-0.2, 0) is 4.79 Å². The third kappa shape index (κ3) is 4.48. The van der Waals surface area contributed by atoms with Gasteiger partial charge in [0.25, 0.3) is 5.91 Å². The summed E-state index contributed by atoms with van der Waals surface area (Å²) in [5, 5.41) is 8.96. The number of rotatable bonds is 7. The molecule has 0 saturated heterocycles. The summed E-state index contributed by atoms with van der Waals surface area (Å²) in [5.41, 5.74) is 6.68.